The first-order valence-corrected chi connectivity index (χ1v) is 7.25. The van der Waals surface area contributed by atoms with Crippen molar-refractivity contribution in [2.24, 2.45) is 0 Å². The van der Waals surface area contributed by atoms with Crippen LogP contribution < -0.4 is 4.72 Å². The second kappa shape index (κ2) is 6.72. The van der Waals surface area contributed by atoms with Gasteiger partial charge in [0.25, 0.3) is 0 Å². The zero-order valence-electron chi connectivity index (χ0n) is 10.3. The van der Waals surface area contributed by atoms with Gasteiger partial charge >= 0.3 is 0 Å². The first kappa shape index (κ1) is 13.3. The Morgan fingerprint density at radius 1 is 1.06 bits per heavy atom. The number of para-hydroxylation sites is 1. The molecular weight excluding hydrogens is 262 g/mol. The van der Waals surface area contributed by atoms with Gasteiger partial charge in [0.1, 0.15) is 0 Å². The van der Waals surface area contributed by atoms with Gasteiger partial charge in [0.2, 0.25) is 0 Å². The molecule has 0 atom stereocenters. The van der Waals surface area contributed by atoms with E-state index in [-0.39, 0.29) is 0 Å². The third-order valence-corrected chi connectivity index (χ3v) is 3.77. The summed E-state index contributed by atoms with van der Waals surface area (Å²) in [6, 6.07) is 16.4. The van der Waals surface area contributed by atoms with E-state index >= 15 is 0 Å². The molecule has 18 heavy (non-hydrogen) atoms. The van der Waals surface area contributed by atoms with Crippen molar-refractivity contribution in [1.82, 2.24) is 0 Å². The summed E-state index contributed by atoms with van der Waals surface area (Å²) in [5.74, 6) is 0. The minimum absolute atomic E-state index is 0.743. The lowest BCUT2D eigenvalue weighted by Gasteiger charge is -2.07. The molecule has 0 spiro atoms. The molecule has 0 saturated heterocycles. The van der Waals surface area contributed by atoms with Crippen molar-refractivity contribution >= 4 is 29.2 Å². The van der Waals surface area contributed by atoms with Gasteiger partial charge < -0.3 is 4.72 Å². The van der Waals surface area contributed by atoms with Gasteiger partial charge in [0.15, 0.2) is 0 Å². The van der Waals surface area contributed by atoms with Gasteiger partial charge in [-0.2, -0.15) is 0 Å². The Kier molecular flexibility index (Phi) is 4.97. The quantitative estimate of drug-likeness (QED) is 0.733. The lowest BCUT2D eigenvalue weighted by atomic mass is 10.1. The van der Waals surface area contributed by atoms with Crippen molar-refractivity contribution in [2.45, 2.75) is 24.7 Å². The number of hydrogen-bond donors (Lipinski definition) is 1. The Bertz CT molecular complexity index is 496. The third-order valence-electron chi connectivity index (χ3n) is 2.61. The first-order valence-electron chi connectivity index (χ1n) is 6.06. The second-order valence-electron chi connectivity index (χ2n) is 4.08. The van der Waals surface area contributed by atoms with E-state index in [4.69, 9.17) is 11.6 Å². The Morgan fingerprint density at radius 3 is 2.44 bits per heavy atom. The highest BCUT2D eigenvalue weighted by Gasteiger charge is 1.99. The molecule has 0 radical (unpaired) electrons. The standard InChI is InChI=1S/C15H16ClNS/c1-2-5-12-8-10-13(11-9-12)18-17-15-7-4-3-6-14(15)16/h3-4,6-11,17H,2,5H2,1H3. The largest absolute Gasteiger partial charge is 0.324 e. The molecule has 0 aromatic heterocycles. The number of rotatable bonds is 5. The summed E-state index contributed by atoms with van der Waals surface area (Å²) in [4.78, 5) is 1.19. The predicted molar refractivity (Wildman–Crippen MR) is 81.4 cm³/mol. The van der Waals surface area contributed by atoms with Crippen LogP contribution in [0.25, 0.3) is 0 Å². The summed E-state index contributed by atoms with van der Waals surface area (Å²) < 4.78 is 3.27. The molecule has 0 aliphatic heterocycles. The van der Waals surface area contributed by atoms with Crippen LogP contribution >= 0.6 is 23.5 Å². The number of aryl methyl sites for hydroxylation is 1. The van der Waals surface area contributed by atoms with Crippen molar-refractivity contribution in [3.63, 3.8) is 0 Å². The van der Waals surface area contributed by atoms with Crippen LogP contribution in [0.3, 0.4) is 0 Å². The molecule has 0 saturated carbocycles. The third kappa shape index (κ3) is 3.69. The topological polar surface area (TPSA) is 12.0 Å². The summed E-state index contributed by atoms with van der Waals surface area (Å²) in [6.45, 7) is 2.20. The molecule has 0 amide bonds. The summed E-state index contributed by atoms with van der Waals surface area (Å²) >= 11 is 7.66. The van der Waals surface area contributed by atoms with Crippen LogP contribution in [-0.2, 0) is 6.42 Å². The maximum Gasteiger partial charge on any atom is 0.0646 e. The van der Waals surface area contributed by atoms with Crippen molar-refractivity contribution in [3.05, 3.63) is 59.1 Å². The van der Waals surface area contributed by atoms with Crippen molar-refractivity contribution < 1.29 is 0 Å². The average molecular weight is 278 g/mol. The summed E-state index contributed by atoms with van der Waals surface area (Å²) in [7, 11) is 0. The molecule has 2 aromatic carbocycles. The van der Waals surface area contributed by atoms with Crippen molar-refractivity contribution in [3.8, 4) is 0 Å². The summed E-state index contributed by atoms with van der Waals surface area (Å²) in [5.41, 5.74) is 2.33. The Hall–Kier alpha value is -1.12. The molecule has 1 N–H and O–H groups in total. The first-order chi connectivity index (χ1) is 8.79. The lowest BCUT2D eigenvalue weighted by Crippen LogP contribution is -1.88. The van der Waals surface area contributed by atoms with Crippen LogP contribution in [0, 0.1) is 0 Å². The van der Waals surface area contributed by atoms with Gasteiger partial charge in [0.05, 0.1) is 10.7 Å². The number of halogens is 1. The smallest absolute Gasteiger partial charge is 0.0646 e. The van der Waals surface area contributed by atoms with Crippen molar-refractivity contribution in [1.29, 1.82) is 0 Å². The predicted octanol–water partition coefficient (Wildman–Crippen LogP) is 5.41. The van der Waals surface area contributed by atoms with Crippen molar-refractivity contribution in [2.75, 3.05) is 4.72 Å². The fourth-order valence-corrected chi connectivity index (χ4v) is 2.59. The molecular formula is C15H16ClNS. The fourth-order valence-electron chi connectivity index (χ4n) is 1.67. The van der Waals surface area contributed by atoms with E-state index in [1.54, 1.807) is 11.9 Å². The molecule has 0 unspecified atom stereocenters. The molecule has 1 nitrogen and oxygen atoms in total. The van der Waals surface area contributed by atoms with Crippen LogP contribution in [-0.4, -0.2) is 0 Å². The molecule has 0 fully saturated rings. The van der Waals surface area contributed by atoms with Crippen LogP contribution in [0.5, 0.6) is 0 Å². The average Bonchev–Trinajstić information content (AvgIpc) is 2.40. The Morgan fingerprint density at radius 2 is 1.78 bits per heavy atom. The minimum atomic E-state index is 0.743. The van der Waals surface area contributed by atoms with E-state index in [0.717, 1.165) is 17.1 Å². The molecule has 0 aliphatic carbocycles. The van der Waals surface area contributed by atoms with Crippen LogP contribution in [0.1, 0.15) is 18.9 Å². The monoisotopic (exact) mass is 277 g/mol. The zero-order valence-corrected chi connectivity index (χ0v) is 11.9. The van der Waals surface area contributed by atoms with Gasteiger partial charge in [-0.1, -0.05) is 49.2 Å². The number of anilines is 1. The lowest BCUT2D eigenvalue weighted by molar-refractivity contribution is 0.920. The van der Waals surface area contributed by atoms with Gasteiger partial charge in [-0.25, -0.2) is 0 Å². The maximum absolute atomic E-state index is 6.08. The normalized spacial score (nSPS) is 10.3. The maximum atomic E-state index is 6.08. The molecule has 94 valence electrons. The number of nitrogens with one attached hydrogen (secondary N) is 1. The Balaban J connectivity index is 1.96. The zero-order chi connectivity index (χ0) is 12.8. The number of benzene rings is 2. The van der Waals surface area contributed by atoms with E-state index < -0.39 is 0 Å². The van der Waals surface area contributed by atoms with E-state index in [1.807, 2.05) is 24.3 Å². The van der Waals surface area contributed by atoms with E-state index in [2.05, 4.69) is 35.9 Å². The van der Waals surface area contributed by atoms with Gasteiger partial charge in [0, 0.05) is 4.90 Å². The highest BCUT2D eigenvalue weighted by atomic mass is 35.5. The van der Waals surface area contributed by atoms with Crippen LogP contribution in [0.4, 0.5) is 5.69 Å². The summed E-state index contributed by atoms with van der Waals surface area (Å²) in [5, 5.41) is 0.743. The molecule has 0 bridgehead atoms. The molecule has 0 aliphatic rings. The number of hydrogen-bond acceptors (Lipinski definition) is 2. The molecule has 2 rings (SSSR count). The van der Waals surface area contributed by atoms with Gasteiger partial charge in [-0.15, -0.1) is 0 Å². The second-order valence-corrected chi connectivity index (χ2v) is 5.36. The Labute approximate surface area is 118 Å². The van der Waals surface area contributed by atoms with Crippen LogP contribution in [0.15, 0.2) is 53.4 Å². The highest BCUT2D eigenvalue weighted by molar-refractivity contribution is 8.00. The molecule has 2 aromatic rings. The van der Waals surface area contributed by atoms with E-state index in [0.29, 0.717) is 0 Å². The fraction of sp³-hybridized carbons (Fsp3) is 0.200. The van der Waals surface area contributed by atoms with Crippen LogP contribution in [0.2, 0.25) is 5.02 Å². The molecule has 3 heteroatoms. The molecule has 0 heterocycles. The van der Waals surface area contributed by atoms with Gasteiger partial charge in [-0.3, -0.25) is 0 Å². The SMILES string of the molecule is CCCc1ccc(SNc2ccccc2Cl)cc1. The van der Waals surface area contributed by atoms with E-state index in [9.17, 15) is 0 Å². The summed E-state index contributed by atoms with van der Waals surface area (Å²) in [6.07, 6.45) is 2.33. The van der Waals surface area contributed by atoms with E-state index in [1.165, 1.54) is 16.9 Å². The minimum Gasteiger partial charge on any atom is -0.324 e. The van der Waals surface area contributed by atoms with Gasteiger partial charge in [-0.05, 0) is 48.2 Å². The highest BCUT2D eigenvalue weighted by Crippen LogP contribution is 2.27.